The fraction of sp³-hybridized carbons (Fsp3) is 0.429. The zero-order chi connectivity index (χ0) is 30.6. The minimum Gasteiger partial charge on any atom is -0.368 e. The first-order chi connectivity index (χ1) is 20.6. The summed E-state index contributed by atoms with van der Waals surface area (Å²) in [5, 5.41) is 13.5. The Bertz CT molecular complexity index is 1590. The van der Waals surface area contributed by atoms with Crippen molar-refractivity contribution in [3.63, 3.8) is 0 Å². The van der Waals surface area contributed by atoms with Crippen LogP contribution in [0.15, 0.2) is 71.7 Å². The van der Waals surface area contributed by atoms with Gasteiger partial charge in [0.05, 0.1) is 42.5 Å². The summed E-state index contributed by atoms with van der Waals surface area (Å²) in [4.78, 5) is 16.9. The predicted octanol–water partition coefficient (Wildman–Crippen LogP) is 1.90. The topological polar surface area (TPSA) is 191 Å². The molecule has 2 fully saturated rings. The van der Waals surface area contributed by atoms with Gasteiger partial charge in [0.15, 0.2) is 6.29 Å². The molecule has 4 N–H and O–H groups in total. The lowest BCUT2D eigenvalue weighted by Gasteiger charge is -2.45. The summed E-state index contributed by atoms with van der Waals surface area (Å²) in [7, 11) is -2.19. The van der Waals surface area contributed by atoms with Gasteiger partial charge < -0.3 is 15.2 Å². The number of carbonyl (C=O) groups excluding carboxylic acids is 1. The van der Waals surface area contributed by atoms with Gasteiger partial charge in [-0.1, -0.05) is 53.8 Å². The van der Waals surface area contributed by atoms with Crippen molar-refractivity contribution >= 4 is 15.9 Å². The van der Waals surface area contributed by atoms with Gasteiger partial charge in [0, 0.05) is 37.3 Å². The van der Waals surface area contributed by atoms with Crippen LogP contribution in [0.1, 0.15) is 36.0 Å². The summed E-state index contributed by atoms with van der Waals surface area (Å²) in [6.07, 6.45) is 4.39. The van der Waals surface area contributed by atoms with Crippen LogP contribution in [-0.4, -0.2) is 65.4 Å². The second-order valence-corrected chi connectivity index (χ2v) is 12.9. The van der Waals surface area contributed by atoms with Crippen molar-refractivity contribution in [2.24, 2.45) is 22.3 Å². The number of pyridine rings is 1. The molecule has 15 heteroatoms. The van der Waals surface area contributed by atoms with Gasteiger partial charge in [0.25, 0.3) is 0 Å². The number of amides is 1. The Morgan fingerprint density at radius 3 is 2.72 bits per heavy atom. The van der Waals surface area contributed by atoms with E-state index in [0.29, 0.717) is 37.3 Å². The van der Waals surface area contributed by atoms with E-state index in [0.717, 1.165) is 17.0 Å². The van der Waals surface area contributed by atoms with Crippen molar-refractivity contribution < 1.29 is 22.7 Å². The first-order valence-electron chi connectivity index (χ1n) is 13.7. The van der Waals surface area contributed by atoms with Crippen molar-refractivity contribution in [2.75, 3.05) is 13.7 Å². The molecule has 2 aliphatic rings. The molecule has 4 unspecified atom stereocenters. The van der Waals surface area contributed by atoms with Crippen LogP contribution in [0.2, 0.25) is 0 Å². The highest BCUT2D eigenvalue weighted by molar-refractivity contribution is 7.88. The van der Waals surface area contributed by atoms with Crippen molar-refractivity contribution in [3.8, 4) is 0 Å². The van der Waals surface area contributed by atoms with Crippen LogP contribution in [0.5, 0.6) is 0 Å². The molecule has 3 heterocycles. The number of rotatable bonds is 15. The van der Waals surface area contributed by atoms with Gasteiger partial charge in [0.2, 0.25) is 15.9 Å². The molecule has 14 nitrogen and oxygen atoms in total. The first-order valence-corrected chi connectivity index (χ1v) is 15.4. The number of primary amides is 1. The lowest BCUT2D eigenvalue weighted by Crippen LogP contribution is -2.52. The van der Waals surface area contributed by atoms with E-state index >= 15 is 0 Å². The molecule has 2 aromatic heterocycles. The molecule has 0 bridgehead atoms. The Hall–Kier alpha value is -4.05. The highest BCUT2D eigenvalue weighted by Gasteiger charge is 2.45. The van der Waals surface area contributed by atoms with Gasteiger partial charge in [-0.05, 0) is 29.7 Å². The van der Waals surface area contributed by atoms with Gasteiger partial charge in [-0.15, -0.1) is 5.10 Å². The molecule has 43 heavy (non-hydrogen) atoms. The van der Waals surface area contributed by atoms with E-state index in [4.69, 9.17) is 20.7 Å². The van der Waals surface area contributed by atoms with Gasteiger partial charge in [0.1, 0.15) is 6.04 Å². The minimum absolute atomic E-state index is 0.143. The smallest absolute Gasteiger partial charge is 0.236 e. The van der Waals surface area contributed by atoms with Gasteiger partial charge in [-0.3, -0.25) is 9.78 Å². The number of benzene rings is 1. The third-order valence-corrected chi connectivity index (χ3v) is 8.79. The molecular formula is C28H35N9O5S. The average molecular weight is 610 g/mol. The fourth-order valence-corrected chi connectivity index (χ4v) is 6.60. The fourth-order valence-electron chi connectivity index (χ4n) is 5.21. The lowest BCUT2D eigenvalue weighted by atomic mass is 9.82. The standard InChI is InChI=1S/C28H35N9O5S/c1-28(18-42-27(28)41-2)12-23-16-37(35-32-23)15-22-10-6-9-21(31-22)14-36(34-30)13-20-11-24(20)25(26(29)38)33-43(39,40)17-19-7-4-3-5-8-19/h3-10,13,16,24-25,27,30,33H,11-12,14-15,17-18H2,1-2H3,(H2,29,38). The summed E-state index contributed by atoms with van der Waals surface area (Å²) < 4.78 is 40.4. The average Bonchev–Trinajstić information content (AvgIpc) is 3.58. The van der Waals surface area contributed by atoms with Crippen LogP contribution in [0.25, 0.3) is 0 Å². The monoisotopic (exact) mass is 609 g/mol. The Morgan fingerprint density at radius 2 is 2.05 bits per heavy atom. The highest BCUT2D eigenvalue weighted by atomic mass is 32.2. The Kier molecular flexibility index (Phi) is 8.96. The summed E-state index contributed by atoms with van der Waals surface area (Å²) in [6, 6.07) is 13.2. The summed E-state index contributed by atoms with van der Waals surface area (Å²) in [5.74, 6) is -1.45. The first kappa shape index (κ1) is 30.4. The van der Waals surface area contributed by atoms with E-state index < -0.39 is 27.9 Å². The molecule has 3 aromatic rings. The number of aromatic nitrogens is 4. The number of nitrogens with zero attached hydrogens (tertiary/aromatic N) is 6. The molecule has 1 aliphatic carbocycles. The maximum Gasteiger partial charge on any atom is 0.236 e. The summed E-state index contributed by atoms with van der Waals surface area (Å²) in [5.41, 5.74) is 16.7. The SMILES string of the molecule is COC1OCC1(C)Cc1cn(Cc2cccc(CN(C=C3CC3C(NS(=O)(=O)Cc3ccccc3)C(N)=O)N=N)n2)nn1. The Labute approximate surface area is 249 Å². The highest BCUT2D eigenvalue weighted by Crippen LogP contribution is 2.41. The number of hydrogen-bond donors (Lipinski definition) is 3. The van der Waals surface area contributed by atoms with Crippen LogP contribution >= 0.6 is 0 Å². The largest absolute Gasteiger partial charge is 0.368 e. The molecular weight excluding hydrogens is 574 g/mol. The van der Waals surface area contributed by atoms with Crippen LogP contribution < -0.4 is 10.5 Å². The maximum atomic E-state index is 12.7. The van der Waals surface area contributed by atoms with Gasteiger partial charge in [-0.2, -0.15) is 5.53 Å². The molecule has 0 radical (unpaired) electrons. The van der Waals surface area contributed by atoms with E-state index in [2.05, 4.69) is 32.2 Å². The molecule has 1 saturated carbocycles. The number of ether oxygens (including phenoxy) is 2. The molecule has 1 saturated heterocycles. The Balaban J connectivity index is 1.18. The number of carbonyl (C=O) groups is 1. The predicted molar refractivity (Wildman–Crippen MR) is 154 cm³/mol. The molecule has 4 atom stereocenters. The lowest BCUT2D eigenvalue weighted by molar-refractivity contribution is -0.293. The summed E-state index contributed by atoms with van der Waals surface area (Å²) in [6.45, 7) is 3.30. The van der Waals surface area contributed by atoms with Gasteiger partial charge >= 0.3 is 0 Å². The minimum atomic E-state index is -3.82. The van der Waals surface area contributed by atoms with Crippen LogP contribution in [0.3, 0.4) is 0 Å². The summed E-state index contributed by atoms with van der Waals surface area (Å²) >= 11 is 0. The van der Waals surface area contributed by atoms with Crippen molar-refractivity contribution in [1.29, 1.82) is 5.53 Å². The van der Waals surface area contributed by atoms with Gasteiger partial charge in [-0.25, -0.2) is 22.8 Å². The van der Waals surface area contributed by atoms with Crippen LogP contribution in [-0.2, 0) is 49.6 Å². The third-order valence-electron chi connectivity index (χ3n) is 7.46. The van der Waals surface area contributed by atoms with Crippen molar-refractivity contribution in [2.45, 2.75) is 50.9 Å². The molecule has 1 aromatic carbocycles. The van der Waals surface area contributed by atoms with E-state index in [1.165, 1.54) is 5.01 Å². The quantitative estimate of drug-likeness (QED) is 0.171. The normalized spacial score (nSPS) is 23.0. The molecule has 1 aliphatic heterocycles. The number of nitrogens with two attached hydrogens (primary N) is 1. The maximum absolute atomic E-state index is 12.7. The molecule has 1 amide bonds. The van der Waals surface area contributed by atoms with Crippen molar-refractivity contribution in [3.05, 3.63) is 89.1 Å². The zero-order valence-electron chi connectivity index (χ0n) is 24.0. The Morgan fingerprint density at radius 1 is 1.28 bits per heavy atom. The van der Waals surface area contributed by atoms with E-state index in [-0.39, 0.29) is 24.0 Å². The molecule has 228 valence electrons. The number of methoxy groups -OCH3 is 1. The zero-order valence-corrected chi connectivity index (χ0v) is 24.8. The second-order valence-electron chi connectivity index (χ2n) is 11.2. The van der Waals surface area contributed by atoms with Crippen LogP contribution in [0, 0.1) is 16.9 Å². The van der Waals surface area contributed by atoms with E-state index in [1.807, 2.05) is 24.4 Å². The number of nitrogens with one attached hydrogen (secondary N) is 2. The third kappa shape index (κ3) is 7.67. The number of hydrogen-bond acceptors (Lipinski definition) is 10. The van der Waals surface area contributed by atoms with E-state index in [1.54, 1.807) is 48.3 Å². The second kappa shape index (κ2) is 12.7. The van der Waals surface area contributed by atoms with Crippen molar-refractivity contribution in [1.82, 2.24) is 29.7 Å². The van der Waals surface area contributed by atoms with E-state index in [9.17, 15) is 13.2 Å². The molecule has 0 spiro atoms. The van der Waals surface area contributed by atoms with Crippen LogP contribution in [0.4, 0.5) is 0 Å². The molecule has 5 rings (SSSR count). The number of sulfonamides is 1.